The van der Waals surface area contributed by atoms with Crippen LogP contribution in [0.4, 0.5) is 34.1 Å². The monoisotopic (exact) mass is 1490 g/mol. The normalized spacial score (nSPS) is 15.4. The molecule has 19 aromatic rings. The average molecular weight is 1490 g/mol. The first-order valence-electron chi connectivity index (χ1n) is 41.2. The fraction of sp³-hybridized carbons (Fsp3) is 0.0702. The molecule has 25 rings (SSSR count). The molecule has 1 atom stereocenters. The van der Waals surface area contributed by atoms with Crippen LogP contribution in [-0.4, -0.2) is 0 Å². The zero-order valence-corrected chi connectivity index (χ0v) is 65.3. The van der Waals surface area contributed by atoms with Crippen LogP contribution in [0.15, 0.2) is 393 Å². The van der Waals surface area contributed by atoms with Crippen LogP contribution in [0.5, 0.6) is 0 Å². The molecule has 0 aliphatic heterocycles. The second kappa shape index (κ2) is 24.1. The molecule has 0 saturated carbocycles. The highest BCUT2D eigenvalue weighted by Crippen LogP contribution is 2.67. The van der Waals surface area contributed by atoms with Crippen LogP contribution >= 0.6 is 0 Å². The summed E-state index contributed by atoms with van der Waals surface area (Å²) in [5, 5.41) is 4.51. The van der Waals surface area contributed by atoms with E-state index in [4.69, 9.17) is 4.42 Å². The summed E-state index contributed by atoms with van der Waals surface area (Å²) in [5.74, 6) is 0. The van der Waals surface area contributed by atoms with Crippen molar-refractivity contribution >= 4 is 66.8 Å². The van der Waals surface area contributed by atoms with E-state index in [1.165, 1.54) is 167 Å². The highest BCUT2D eigenvalue weighted by molar-refractivity contribution is 6.12. The van der Waals surface area contributed by atoms with Gasteiger partial charge in [0.25, 0.3) is 0 Å². The van der Waals surface area contributed by atoms with Crippen LogP contribution in [-0.2, 0) is 21.7 Å². The molecule has 0 N–H and O–H groups in total. The van der Waals surface area contributed by atoms with E-state index < -0.39 is 10.8 Å². The van der Waals surface area contributed by atoms with Crippen LogP contribution < -0.4 is 9.80 Å². The van der Waals surface area contributed by atoms with E-state index in [-0.39, 0.29) is 10.8 Å². The average Bonchev–Trinajstić information content (AvgIpc) is 1.50. The van der Waals surface area contributed by atoms with E-state index in [0.29, 0.717) is 0 Å². The van der Waals surface area contributed by atoms with Crippen LogP contribution in [0.1, 0.15) is 94.5 Å². The summed E-state index contributed by atoms with van der Waals surface area (Å²) in [7, 11) is 0. The minimum Gasteiger partial charge on any atom is -0.454 e. The van der Waals surface area contributed by atoms with E-state index in [1.54, 1.807) is 0 Å². The number of benzene rings is 18. The van der Waals surface area contributed by atoms with E-state index in [0.717, 1.165) is 67.0 Å². The summed E-state index contributed by atoms with van der Waals surface area (Å²) < 4.78 is 7.10. The highest BCUT2D eigenvalue weighted by atomic mass is 16.3. The van der Waals surface area contributed by atoms with E-state index in [9.17, 15) is 0 Å². The Morgan fingerprint density at radius 1 is 0.205 bits per heavy atom. The van der Waals surface area contributed by atoms with Crippen LogP contribution in [0, 0.1) is 0 Å². The third-order valence-corrected chi connectivity index (χ3v) is 27.6. The van der Waals surface area contributed by atoms with Gasteiger partial charge in [-0.3, -0.25) is 0 Å². The van der Waals surface area contributed by atoms with E-state index in [1.807, 2.05) is 0 Å². The van der Waals surface area contributed by atoms with Crippen molar-refractivity contribution in [2.24, 2.45) is 0 Å². The van der Waals surface area contributed by atoms with Crippen LogP contribution in [0.3, 0.4) is 0 Å². The smallest absolute Gasteiger partial charge is 0.159 e. The molecule has 18 aromatic carbocycles. The lowest BCUT2D eigenvalue weighted by molar-refractivity contribution is 0.662. The van der Waals surface area contributed by atoms with E-state index in [2.05, 4.69) is 426 Å². The van der Waals surface area contributed by atoms with Crippen molar-refractivity contribution in [3.63, 3.8) is 0 Å². The van der Waals surface area contributed by atoms with Gasteiger partial charge in [0, 0.05) is 49.8 Å². The number of para-hydroxylation sites is 4. The fourth-order valence-corrected chi connectivity index (χ4v) is 22.9. The summed E-state index contributed by atoms with van der Waals surface area (Å²) >= 11 is 0. The predicted octanol–water partition coefficient (Wildman–Crippen LogP) is 30.0. The summed E-state index contributed by atoms with van der Waals surface area (Å²) in [5.41, 5.74) is 44.8. The van der Waals surface area contributed by atoms with Crippen molar-refractivity contribution in [3.8, 4) is 100 Å². The van der Waals surface area contributed by atoms with Gasteiger partial charge in [-0.2, -0.15) is 0 Å². The lowest BCUT2D eigenvalue weighted by atomic mass is 9.70. The van der Waals surface area contributed by atoms with Crippen molar-refractivity contribution in [2.45, 2.75) is 49.4 Å². The minimum atomic E-state index is -0.652. The Labute approximate surface area is 681 Å². The molecule has 2 spiro atoms. The maximum absolute atomic E-state index is 7.10. The van der Waals surface area contributed by atoms with Crippen molar-refractivity contribution < 1.29 is 4.42 Å². The zero-order valence-electron chi connectivity index (χ0n) is 65.3. The first-order chi connectivity index (χ1) is 57.6. The molecule has 6 aliphatic rings. The van der Waals surface area contributed by atoms with Crippen LogP contribution in [0.25, 0.3) is 133 Å². The quantitative estimate of drug-likeness (QED) is 0.144. The van der Waals surface area contributed by atoms with Gasteiger partial charge in [-0.25, -0.2) is 0 Å². The molecule has 0 amide bonds. The molecule has 6 aliphatic carbocycles. The van der Waals surface area contributed by atoms with Crippen molar-refractivity contribution in [2.75, 3.05) is 9.80 Å². The molecule has 548 valence electrons. The molecule has 117 heavy (non-hydrogen) atoms. The summed E-state index contributed by atoms with van der Waals surface area (Å²) in [6, 6.07) is 147. The Morgan fingerprint density at radius 3 is 1.05 bits per heavy atom. The molecule has 1 unspecified atom stereocenters. The second-order valence-corrected chi connectivity index (χ2v) is 33.9. The van der Waals surface area contributed by atoms with Gasteiger partial charge in [0.05, 0.1) is 27.9 Å². The number of fused-ring (bicyclic) bond motifs is 30. The maximum Gasteiger partial charge on any atom is 0.159 e. The highest BCUT2D eigenvalue weighted by Gasteiger charge is 2.54. The first kappa shape index (κ1) is 66.1. The number of anilines is 6. The summed E-state index contributed by atoms with van der Waals surface area (Å²) in [4.78, 5) is 5.06. The van der Waals surface area contributed by atoms with Gasteiger partial charge in [0.1, 0.15) is 5.58 Å². The summed E-state index contributed by atoms with van der Waals surface area (Å²) in [6.07, 6.45) is 0. The Kier molecular flexibility index (Phi) is 13.6. The summed E-state index contributed by atoms with van der Waals surface area (Å²) in [6.45, 7) is 9.61. The fourth-order valence-electron chi connectivity index (χ4n) is 22.9. The zero-order chi connectivity index (χ0) is 77.4. The van der Waals surface area contributed by atoms with Crippen molar-refractivity contribution in [1.29, 1.82) is 0 Å². The van der Waals surface area contributed by atoms with Gasteiger partial charge in [-0.1, -0.05) is 343 Å². The molecule has 0 saturated heterocycles. The van der Waals surface area contributed by atoms with Gasteiger partial charge in [0.15, 0.2) is 5.58 Å². The minimum absolute atomic E-state index is 0.237. The number of furan rings is 1. The number of hydrogen-bond acceptors (Lipinski definition) is 3. The lowest BCUT2D eigenvalue weighted by Gasteiger charge is -2.33. The van der Waals surface area contributed by atoms with Crippen molar-refractivity contribution in [3.05, 3.63) is 455 Å². The predicted molar refractivity (Wildman–Crippen MR) is 485 cm³/mol. The van der Waals surface area contributed by atoms with Crippen molar-refractivity contribution in [1.82, 2.24) is 0 Å². The molecular weight excluding hydrogens is 1410 g/mol. The Hall–Kier alpha value is -14.4. The van der Waals surface area contributed by atoms with Crippen LogP contribution in [0.2, 0.25) is 0 Å². The van der Waals surface area contributed by atoms with E-state index >= 15 is 0 Å². The molecule has 0 fully saturated rings. The largest absolute Gasteiger partial charge is 0.454 e. The van der Waals surface area contributed by atoms with Gasteiger partial charge >= 0.3 is 0 Å². The van der Waals surface area contributed by atoms with Gasteiger partial charge < -0.3 is 14.2 Å². The Morgan fingerprint density at radius 2 is 0.530 bits per heavy atom. The topological polar surface area (TPSA) is 19.6 Å². The molecule has 0 bridgehead atoms. The number of rotatable bonds is 9. The molecular formula is C114H76N2O. The Bertz CT molecular complexity index is 7500. The third kappa shape index (κ3) is 8.80. The third-order valence-electron chi connectivity index (χ3n) is 27.6. The standard InChI is InChI=1S/C114H76N2O/c1-111(2)94-43-15-5-32-80(94)88-38-25-40-90(108(88)111)85-35-12-22-50-104(85)115(74-59-61-83-78-30-9-19-47-98(78)113(102(83)67-74)96-45-17-7-28-76(96)77-29-8-18-46-97(77)113)73-58-56-70-64-69(54-55-71(70)65-73)72-57-63-101-93(66-72)82-34-11-21-49-100(82)114(101)99-48-20-10-31-79(99)84-62-60-75(68-103(84)114)116(106-52-27-42-92-87-37-14-24-53-107(87)117-110(92)106)105-51-23-13-36-86(105)91-41-26-39-89-81-33-6-16-44-95(81)112(3,4)109(89)91/h5-68H,1-4H3. The molecule has 0 radical (unpaired) electrons. The second-order valence-electron chi connectivity index (χ2n) is 33.9. The SMILES string of the molecule is CC1(C)c2ccccc2-c2cccc(-c3ccccc3N(c3ccc4c(c3)C3(c5ccccc5-c5ccccc53)c3ccccc3-4)c3ccc4cc(-c5ccc6c(c5)-c5ccccc5C65c6ccccc6-c6ccc(N(c7ccccc7-c7cccc8c7C(C)(C)c7ccccc7-8)c7cccc8c7oc7ccccc78)cc65)ccc4c3)c21. The molecule has 3 nitrogen and oxygen atoms in total. The maximum atomic E-state index is 7.10. The van der Waals surface area contributed by atoms with Gasteiger partial charge in [0.2, 0.25) is 0 Å². The molecule has 3 heteroatoms. The molecule has 1 aromatic heterocycles. The molecule has 1 heterocycles. The van der Waals surface area contributed by atoms with Gasteiger partial charge in [-0.15, -0.1) is 0 Å². The van der Waals surface area contributed by atoms with Gasteiger partial charge in [-0.05, 0) is 239 Å². The number of nitrogens with zero attached hydrogens (tertiary/aromatic N) is 2. The number of hydrogen-bond donors (Lipinski definition) is 0. The Balaban J connectivity index is 0.644. The lowest BCUT2D eigenvalue weighted by Crippen LogP contribution is -2.26. The first-order valence-corrected chi connectivity index (χ1v) is 41.2.